The molecule has 0 aliphatic carbocycles. The number of furan rings is 1. The van der Waals surface area contributed by atoms with Gasteiger partial charge >= 0.3 is 6.03 Å². The SMILES string of the molecule is COc1ccc(C2=NC(=O)NC(c3ccco3)C2)cc1. The Morgan fingerprint density at radius 3 is 2.75 bits per heavy atom. The van der Waals surface area contributed by atoms with Crippen LogP contribution in [-0.2, 0) is 0 Å². The maximum absolute atomic E-state index is 11.7. The number of nitrogens with one attached hydrogen (secondary N) is 1. The van der Waals surface area contributed by atoms with Gasteiger partial charge < -0.3 is 14.5 Å². The molecule has 1 aliphatic heterocycles. The van der Waals surface area contributed by atoms with Crippen molar-refractivity contribution < 1.29 is 13.9 Å². The molecule has 1 aromatic heterocycles. The van der Waals surface area contributed by atoms with Crippen LogP contribution in [0.25, 0.3) is 0 Å². The van der Waals surface area contributed by atoms with Gasteiger partial charge in [0.1, 0.15) is 11.5 Å². The van der Waals surface area contributed by atoms with Gasteiger partial charge in [0.15, 0.2) is 0 Å². The minimum atomic E-state index is -0.344. The summed E-state index contributed by atoms with van der Waals surface area (Å²) in [6.45, 7) is 0. The number of hydrogen-bond donors (Lipinski definition) is 1. The highest BCUT2D eigenvalue weighted by Gasteiger charge is 2.25. The molecular weight excluding hydrogens is 256 g/mol. The van der Waals surface area contributed by atoms with Gasteiger partial charge in [0.25, 0.3) is 0 Å². The lowest BCUT2D eigenvalue weighted by atomic mass is 10.00. The summed E-state index contributed by atoms with van der Waals surface area (Å²) in [4.78, 5) is 15.8. The summed E-state index contributed by atoms with van der Waals surface area (Å²) in [6.07, 6.45) is 2.20. The molecule has 5 nitrogen and oxygen atoms in total. The molecule has 5 heteroatoms. The first kappa shape index (κ1) is 12.5. The summed E-state index contributed by atoms with van der Waals surface area (Å²) in [5.41, 5.74) is 1.66. The Hall–Kier alpha value is -2.56. The van der Waals surface area contributed by atoms with Gasteiger partial charge in [-0.05, 0) is 42.0 Å². The number of ether oxygens (including phenoxy) is 1. The van der Waals surface area contributed by atoms with Crippen molar-refractivity contribution in [1.82, 2.24) is 5.32 Å². The third-order valence-corrected chi connectivity index (χ3v) is 3.24. The number of carbonyl (C=O) groups is 1. The summed E-state index contributed by atoms with van der Waals surface area (Å²) in [5, 5.41) is 2.80. The second-order valence-electron chi connectivity index (χ2n) is 4.51. The molecule has 0 saturated heterocycles. The average Bonchev–Trinajstić information content (AvgIpc) is 3.01. The molecule has 1 atom stereocenters. The second-order valence-corrected chi connectivity index (χ2v) is 4.51. The molecule has 0 bridgehead atoms. The molecule has 0 saturated carbocycles. The minimum absolute atomic E-state index is 0.174. The van der Waals surface area contributed by atoms with E-state index >= 15 is 0 Å². The van der Waals surface area contributed by atoms with Crippen LogP contribution in [0.3, 0.4) is 0 Å². The highest BCUT2D eigenvalue weighted by atomic mass is 16.5. The van der Waals surface area contributed by atoms with Crippen LogP contribution in [0.1, 0.15) is 23.8 Å². The molecule has 1 aliphatic rings. The highest BCUT2D eigenvalue weighted by Crippen LogP contribution is 2.24. The molecule has 2 heterocycles. The molecule has 2 aromatic rings. The van der Waals surface area contributed by atoms with E-state index in [1.165, 1.54) is 0 Å². The summed E-state index contributed by atoms with van der Waals surface area (Å²) >= 11 is 0. The van der Waals surface area contributed by atoms with Crippen LogP contribution in [0.15, 0.2) is 52.1 Å². The fourth-order valence-corrected chi connectivity index (χ4v) is 2.22. The maximum atomic E-state index is 11.7. The summed E-state index contributed by atoms with van der Waals surface area (Å²) in [7, 11) is 1.62. The zero-order chi connectivity index (χ0) is 13.9. The van der Waals surface area contributed by atoms with Crippen molar-refractivity contribution in [3.63, 3.8) is 0 Å². The Kier molecular flexibility index (Phi) is 3.25. The van der Waals surface area contributed by atoms with Crippen LogP contribution in [0.2, 0.25) is 0 Å². The number of aliphatic imine (C=N–C) groups is 1. The van der Waals surface area contributed by atoms with Crippen LogP contribution in [0.5, 0.6) is 5.75 Å². The lowest BCUT2D eigenvalue weighted by Gasteiger charge is -2.21. The highest BCUT2D eigenvalue weighted by molar-refractivity contribution is 6.08. The van der Waals surface area contributed by atoms with E-state index in [2.05, 4.69) is 10.3 Å². The smallest absolute Gasteiger partial charge is 0.341 e. The Balaban J connectivity index is 1.86. The van der Waals surface area contributed by atoms with E-state index in [-0.39, 0.29) is 12.1 Å². The van der Waals surface area contributed by atoms with E-state index in [1.54, 1.807) is 19.4 Å². The number of nitrogens with zero attached hydrogens (tertiary/aromatic N) is 1. The Morgan fingerprint density at radius 2 is 2.10 bits per heavy atom. The van der Waals surface area contributed by atoms with Crippen LogP contribution in [0.4, 0.5) is 4.79 Å². The third-order valence-electron chi connectivity index (χ3n) is 3.24. The van der Waals surface area contributed by atoms with Gasteiger partial charge in [-0.25, -0.2) is 4.79 Å². The molecule has 1 N–H and O–H groups in total. The van der Waals surface area contributed by atoms with Gasteiger partial charge in [-0.15, -0.1) is 0 Å². The van der Waals surface area contributed by atoms with Crippen molar-refractivity contribution in [2.24, 2.45) is 4.99 Å². The quantitative estimate of drug-likeness (QED) is 0.932. The second kappa shape index (κ2) is 5.21. The molecule has 0 fully saturated rings. The largest absolute Gasteiger partial charge is 0.497 e. The van der Waals surface area contributed by atoms with Crippen molar-refractivity contribution in [3.05, 3.63) is 54.0 Å². The van der Waals surface area contributed by atoms with Crippen molar-refractivity contribution in [1.29, 1.82) is 0 Å². The normalized spacial score (nSPS) is 18.4. The lowest BCUT2D eigenvalue weighted by molar-refractivity contribution is 0.242. The molecule has 102 valence electrons. The van der Waals surface area contributed by atoms with Crippen LogP contribution in [-0.4, -0.2) is 18.9 Å². The third kappa shape index (κ3) is 2.42. The molecule has 3 rings (SSSR count). The molecule has 1 aromatic carbocycles. The van der Waals surface area contributed by atoms with Gasteiger partial charge in [0.2, 0.25) is 0 Å². The predicted octanol–water partition coefficient (Wildman–Crippen LogP) is 2.93. The number of methoxy groups -OCH3 is 1. The van der Waals surface area contributed by atoms with Gasteiger partial charge in [-0.1, -0.05) is 0 Å². The first-order chi connectivity index (χ1) is 9.76. The van der Waals surface area contributed by atoms with E-state index in [0.717, 1.165) is 22.8 Å². The van der Waals surface area contributed by atoms with Gasteiger partial charge in [-0.2, -0.15) is 4.99 Å². The van der Waals surface area contributed by atoms with E-state index in [9.17, 15) is 4.79 Å². The van der Waals surface area contributed by atoms with Gasteiger partial charge in [0.05, 0.1) is 25.1 Å². The van der Waals surface area contributed by atoms with Crippen molar-refractivity contribution in [3.8, 4) is 5.75 Å². The number of carbonyl (C=O) groups excluding carboxylic acids is 1. The Labute approximate surface area is 116 Å². The van der Waals surface area contributed by atoms with E-state index in [4.69, 9.17) is 9.15 Å². The number of rotatable bonds is 3. The number of amides is 2. The summed E-state index contributed by atoms with van der Waals surface area (Å²) < 4.78 is 10.5. The molecule has 2 amide bonds. The monoisotopic (exact) mass is 270 g/mol. The van der Waals surface area contributed by atoms with E-state index in [0.29, 0.717) is 6.42 Å². The number of benzene rings is 1. The fraction of sp³-hybridized carbons (Fsp3) is 0.200. The Bertz CT molecular complexity index is 630. The van der Waals surface area contributed by atoms with Gasteiger partial charge in [0, 0.05) is 6.42 Å². The summed E-state index contributed by atoms with van der Waals surface area (Å²) in [5.74, 6) is 1.51. The first-order valence-corrected chi connectivity index (χ1v) is 6.32. The molecule has 0 spiro atoms. The van der Waals surface area contributed by atoms with Crippen molar-refractivity contribution in [2.75, 3.05) is 7.11 Å². The summed E-state index contributed by atoms with van der Waals surface area (Å²) in [6, 6.07) is 10.6. The molecule has 0 radical (unpaired) electrons. The maximum Gasteiger partial charge on any atom is 0.341 e. The van der Waals surface area contributed by atoms with E-state index < -0.39 is 0 Å². The lowest BCUT2D eigenvalue weighted by Crippen LogP contribution is -2.33. The molecule has 1 unspecified atom stereocenters. The number of hydrogen-bond acceptors (Lipinski definition) is 3. The standard InChI is InChI=1S/C15H14N2O3/c1-19-11-6-4-10(5-7-11)12-9-13(17-15(18)16-12)14-3-2-8-20-14/h2-8,13H,9H2,1H3,(H,17,18). The molecule has 20 heavy (non-hydrogen) atoms. The van der Waals surface area contributed by atoms with Gasteiger partial charge in [-0.3, -0.25) is 0 Å². The van der Waals surface area contributed by atoms with Crippen LogP contribution >= 0.6 is 0 Å². The van der Waals surface area contributed by atoms with E-state index in [1.807, 2.05) is 30.3 Å². The average molecular weight is 270 g/mol. The zero-order valence-corrected chi connectivity index (χ0v) is 11.0. The minimum Gasteiger partial charge on any atom is -0.497 e. The van der Waals surface area contributed by atoms with Crippen molar-refractivity contribution in [2.45, 2.75) is 12.5 Å². The number of urea groups is 1. The fourth-order valence-electron chi connectivity index (χ4n) is 2.22. The topological polar surface area (TPSA) is 63.8 Å². The predicted molar refractivity (Wildman–Crippen MR) is 74.1 cm³/mol. The van der Waals surface area contributed by atoms with Crippen LogP contribution in [0, 0.1) is 0 Å². The molecular formula is C15H14N2O3. The Morgan fingerprint density at radius 1 is 1.30 bits per heavy atom. The van der Waals surface area contributed by atoms with Crippen molar-refractivity contribution >= 4 is 11.7 Å². The zero-order valence-electron chi connectivity index (χ0n) is 11.0. The van der Waals surface area contributed by atoms with Crippen LogP contribution < -0.4 is 10.1 Å². The first-order valence-electron chi connectivity index (χ1n) is 6.32.